The van der Waals surface area contributed by atoms with Crippen molar-refractivity contribution >= 4 is 60.3 Å². The van der Waals surface area contributed by atoms with Crippen LogP contribution in [0.15, 0.2) is 116 Å². The molecule has 5 nitrogen and oxygen atoms in total. The number of nitrogens with zero attached hydrogens (tertiary/aromatic N) is 5. The molecule has 0 fully saturated rings. The number of benzene rings is 4. The minimum Gasteiger partial charge on any atom is -0.309 e. The average Bonchev–Trinajstić information content (AvgIpc) is 3.70. The molecule has 5 heterocycles. The van der Waals surface area contributed by atoms with Crippen LogP contribution in [-0.2, 0) is 6.42 Å². The number of aromatic nitrogens is 5. The topological polar surface area (TPSA) is 48.0 Å². The van der Waals surface area contributed by atoms with E-state index in [1.165, 1.54) is 55.1 Å². The van der Waals surface area contributed by atoms with Crippen LogP contribution < -0.4 is 0 Å². The van der Waals surface area contributed by atoms with Crippen molar-refractivity contribution in [3.8, 4) is 16.8 Å². The predicted octanol–water partition coefficient (Wildman–Crippen LogP) is 8.25. The summed E-state index contributed by atoms with van der Waals surface area (Å²) in [7, 11) is 0. The molecule has 0 radical (unpaired) electrons. The fraction of sp³-hybridized carbons (Fsp3) is 0.0278. The van der Waals surface area contributed by atoms with E-state index >= 15 is 0 Å². The van der Waals surface area contributed by atoms with Gasteiger partial charge in [0.1, 0.15) is 11.2 Å². The van der Waals surface area contributed by atoms with E-state index < -0.39 is 0 Å². The van der Waals surface area contributed by atoms with E-state index in [-0.39, 0.29) is 0 Å². The Morgan fingerprint density at radius 2 is 1.51 bits per heavy atom. The van der Waals surface area contributed by atoms with Gasteiger partial charge in [-0.15, -0.1) is 0 Å². The molecule has 4 aromatic carbocycles. The Bertz CT molecular complexity index is 2550. The second kappa shape index (κ2) is 7.55. The highest BCUT2D eigenvalue weighted by molar-refractivity contribution is 6.20. The van der Waals surface area contributed by atoms with Crippen molar-refractivity contribution in [2.45, 2.75) is 6.42 Å². The van der Waals surface area contributed by atoms with E-state index in [0.29, 0.717) is 0 Å². The van der Waals surface area contributed by atoms with Gasteiger partial charge in [-0.1, -0.05) is 42.5 Å². The van der Waals surface area contributed by atoms with Crippen LogP contribution in [0.3, 0.4) is 0 Å². The first-order valence-corrected chi connectivity index (χ1v) is 13.9. The number of fused-ring (bicyclic) bond motifs is 15. The first-order chi connectivity index (χ1) is 20.3. The van der Waals surface area contributed by atoms with Crippen LogP contribution in [0.4, 0.5) is 0 Å². The zero-order chi connectivity index (χ0) is 26.7. The zero-order valence-corrected chi connectivity index (χ0v) is 21.9. The molecule has 0 unspecified atom stereocenters. The van der Waals surface area contributed by atoms with Crippen LogP contribution in [0.25, 0.3) is 77.1 Å². The van der Waals surface area contributed by atoms with Gasteiger partial charge in [0, 0.05) is 39.6 Å². The monoisotopic (exact) mass is 523 g/mol. The Balaban J connectivity index is 1.36. The summed E-state index contributed by atoms with van der Waals surface area (Å²) < 4.78 is 4.57. The summed E-state index contributed by atoms with van der Waals surface area (Å²) in [5.41, 5.74) is 12.7. The third-order valence-corrected chi connectivity index (χ3v) is 8.82. The Kier molecular flexibility index (Phi) is 3.92. The van der Waals surface area contributed by atoms with Crippen molar-refractivity contribution in [2.75, 3.05) is 0 Å². The standard InChI is InChI=1S/C36H21N5/c1-2-7-23(8-3-1)40-30-11-5-4-9-25(30)34-31(40)13-12-21-17-22-18-28-27(19-26(22)33(21)34)24-14-16-37-20-32(24)41-35(28)39-29-10-6-15-38-36(29)41/h1-16,18-20H,17H2. The Labute approximate surface area is 234 Å². The smallest absolute Gasteiger partial charge is 0.165 e. The molecule has 0 saturated heterocycles. The molecule has 0 spiro atoms. The third-order valence-electron chi connectivity index (χ3n) is 8.82. The third kappa shape index (κ3) is 2.68. The minimum atomic E-state index is 0.863. The molecule has 190 valence electrons. The second-order valence-electron chi connectivity index (χ2n) is 10.9. The summed E-state index contributed by atoms with van der Waals surface area (Å²) >= 11 is 0. The van der Waals surface area contributed by atoms with Gasteiger partial charge in [-0.3, -0.25) is 9.38 Å². The summed E-state index contributed by atoms with van der Waals surface area (Å²) in [6, 6.07) is 35.0. The lowest BCUT2D eigenvalue weighted by Crippen LogP contribution is -1.94. The van der Waals surface area contributed by atoms with Crippen molar-refractivity contribution < 1.29 is 0 Å². The van der Waals surface area contributed by atoms with Crippen molar-refractivity contribution in [3.05, 3.63) is 127 Å². The summed E-state index contributed by atoms with van der Waals surface area (Å²) in [6.07, 6.45) is 6.55. The Morgan fingerprint density at radius 3 is 2.46 bits per heavy atom. The van der Waals surface area contributed by atoms with Crippen LogP contribution >= 0.6 is 0 Å². The highest BCUT2D eigenvalue weighted by Crippen LogP contribution is 2.48. The zero-order valence-electron chi connectivity index (χ0n) is 21.9. The molecule has 0 bridgehead atoms. The molecule has 41 heavy (non-hydrogen) atoms. The summed E-state index contributed by atoms with van der Waals surface area (Å²) in [6.45, 7) is 0. The quantitative estimate of drug-likeness (QED) is 0.204. The lowest BCUT2D eigenvalue weighted by molar-refractivity contribution is 1.18. The maximum Gasteiger partial charge on any atom is 0.165 e. The number of rotatable bonds is 1. The summed E-state index contributed by atoms with van der Waals surface area (Å²) in [5.74, 6) is 0. The van der Waals surface area contributed by atoms with Crippen LogP contribution in [0.5, 0.6) is 0 Å². The normalized spacial score (nSPS) is 12.8. The van der Waals surface area contributed by atoms with Crippen molar-refractivity contribution in [3.63, 3.8) is 0 Å². The van der Waals surface area contributed by atoms with Crippen molar-refractivity contribution in [2.24, 2.45) is 0 Å². The van der Waals surface area contributed by atoms with Crippen molar-refractivity contribution in [1.82, 2.24) is 23.9 Å². The van der Waals surface area contributed by atoms with Crippen LogP contribution in [-0.4, -0.2) is 23.9 Å². The van der Waals surface area contributed by atoms with Gasteiger partial charge >= 0.3 is 0 Å². The molecule has 0 aliphatic heterocycles. The van der Waals surface area contributed by atoms with Crippen molar-refractivity contribution in [1.29, 1.82) is 0 Å². The van der Waals surface area contributed by atoms with Gasteiger partial charge in [-0.25, -0.2) is 9.97 Å². The Hall–Kier alpha value is -5.55. The fourth-order valence-corrected chi connectivity index (χ4v) is 7.16. The number of hydrogen-bond donors (Lipinski definition) is 0. The van der Waals surface area contributed by atoms with Crippen LogP contribution in [0.2, 0.25) is 0 Å². The lowest BCUT2D eigenvalue weighted by Gasteiger charge is -2.11. The molecule has 5 aromatic heterocycles. The van der Waals surface area contributed by atoms with E-state index in [4.69, 9.17) is 9.97 Å². The van der Waals surface area contributed by atoms with Gasteiger partial charge in [0.15, 0.2) is 5.65 Å². The molecule has 9 aromatic rings. The van der Waals surface area contributed by atoms with E-state index in [1.807, 2.05) is 30.7 Å². The highest BCUT2D eigenvalue weighted by Gasteiger charge is 2.26. The second-order valence-corrected chi connectivity index (χ2v) is 10.9. The van der Waals surface area contributed by atoms with Gasteiger partial charge in [0.05, 0.1) is 22.7 Å². The molecule has 0 atom stereocenters. The van der Waals surface area contributed by atoms with Crippen LogP contribution in [0.1, 0.15) is 11.1 Å². The first kappa shape index (κ1) is 21.3. The number of para-hydroxylation sites is 2. The Morgan fingerprint density at radius 1 is 0.610 bits per heavy atom. The molecule has 0 N–H and O–H groups in total. The largest absolute Gasteiger partial charge is 0.309 e. The van der Waals surface area contributed by atoms with E-state index in [1.54, 1.807) is 0 Å². The van der Waals surface area contributed by atoms with Gasteiger partial charge < -0.3 is 4.57 Å². The molecule has 5 heteroatoms. The summed E-state index contributed by atoms with van der Waals surface area (Å²) in [4.78, 5) is 14.2. The molecular formula is C36H21N5. The van der Waals surface area contributed by atoms with E-state index in [2.05, 4.69) is 98.9 Å². The van der Waals surface area contributed by atoms with Gasteiger partial charge in [0.2, 0.25) is 0 Å². The molecule has 1 aliphatic rings. The number of pyridine rings is 3. The van der Waals surface area contributed by atoms with Gasteiger partial charge in [0.25, 0.3) is 0 Å². The summed E-state index contributed by atoms with van der Waals surface area (Å²) in [5, 5.41) is 6.11. The van der Waals surface area contributed by atoms with E-state index in [9.17, 15) is 0 Å². The average molecular weight is 524 g/mol. The lowest BCUT2D eigenvalue weighted by atomic mass is 9.96. The predicted molar refractivity (Wildman–Crippen MR) is 166 cm³/mol. The maximum atomic E-state index is 5.07. The van der Waals surface area contributed by atoms with Gasteiger partial charge in [-0.2, -0.15) is 0 Å². The highest BCUT2D eigenvalue weighted by atomic mass is 15.1. The number of hydrogen-bond acceptors (Lipinski definition) is 3. The SMILES string of the molecule is c1ccc(-n2c3ccccc3c3c4c(ccc32)Cc2cc3c(cc2-4)c2ccncc2n2c4ncccc4nc32)cc1. The molecule has 0 amide bonds. The molecule has 10 rings (SSSR count). The minimum absolute atomic E-state index is 0.863. The number of imidazole rings is 1. The molecular weight excluding hydrogens is 502 g/mol. The molecule has 1 aliphatic carbocycles. The maximum absolute atomic E-state index is 5.07. The fourth-order valence-electron chi connectivity index (χ4n) is 7.16. The van der Waals surface area contributed by atoms with Gasteiger partial charge in [-0.05, 0) is 88.7 Å². The van der Waals surface area contributed by atoms with E-state index in [0.717, 1.165) is 39.5 Å². The first-order valence-electron chi connectivity index (χ1n) is 13.9. The van der Waals surface area contributed by atoms with Crippen LogP contribution in [0, 0.1) is 0 Å². The molecule has 0 saturated carbocycles.